The first-order valence-electron chi connectivity index (χ1n) is 12.5. The number of amides is 1. The Bertz CT molecular complexity index is 1050. The number of alkyl halides is 2. The van der Waals surface area contributed by atoms with E-state index in [0.717, 1.165) is 44.2 Å². The summed E-state index contributed by atoms with van der Waals surface area (Å²) in [5.41, 5.74) is 1.16. The lowest BCUT2D eigenvalue weighted by atomic mass is 10.1. The summed E-state index contributed by atoms with van der Waals surface area (Å²) in [6, 6.07) is 4.23. The Kier molecular flexibility index (Phi) is 6.48. The van der Waals surface area contributed by atoms with Crippen LogP contribution in [0.2, 0.25) is 5.15 Å². The van der Waals surface area contributed by atoms with E-state index in [1.54, 1.807) is 0 Å². The number of likely N-dealkylation sites (tertiary alicyclic amines) is 2. The van der Waals surface area contributed by atoms with Crippen LogP contribution in [0.3, 0.4) is 0 Å². The van der Waals surface area contributed by atoms with Gasteiger partial charge in [-0.1, -0.05) is 11.6 Å². The fourth-order valence-electron chi connectivity index (χ4n) is 5.03. The van der Waals surface area contributed by atoms with Crippen LogP contribution in [0.4, 0.5) is 8.78 Å². The molecule has 0 aromatic carbocycles. The molecule has 3 fully saturated rings. The maximum Gasteiger partial charge on any atom is 0.270 e. The van der Waals surface area contributed by atoms with Crippen LogP contribution in [-0.4, -0.2) is 69.5 Å². The van der Waals surface area contributed by atoms with Gasteiger partial charge in [-0.15, -0.1) is 0 Å². The van der Waals surface area contributed by atoms with E-state index < -0.39 is 5.92 Å². The van der Waals surface area contributed by atoms with E-state index in [1.807, 2.05) is 16.7 Å². The van der Waals surface area contributed by atoms with Crippen LogP contribution in [0, 0.1) is 5.92 Å². The minimum atomic E-state index is -2.69. The molecule has 1 aliphatic carbocycles. The summed E-state index contributed by atoms with van der Waals surface area (Å²) in [5, 5.41) is 1.09. The zero-order chi connectivity index (χ0) is 24.0. The molecule has 0 atom stereocenters. The Labute approximate surface area is 204 Å². The first-order valence-corrected chi connectivity index (χ1v) is 12.9. The average Bonchev–Trinajstić information content (AvgIpc) is 3.56. The predicted molar refractivity (Wildman–Crippen MR) is 128 cm³/mol. The van der Waals surface area contributed by atoms with Crippen molar-refractivity contribution < 1.29 is 18.3 Å². The summed E-state index contributed by atoms with van der Waals surface area (Å²) >= 11 is 6.56. The molecule has 2 aromatic heterocycles. The van der Waals surface area contributed by atoms with Gasteiger partial charge < -0.3 is 19.1 Å². The van der Waals surface area contributed by atoms with Crippen LogP contribution < -0.4 is 4.74 Å². The van der Waals surface area contributed by atoms with Crippen molar-refractivity contribution >= 4 is 28.5 Å². The molecule has 6 nitrogen and oxygen atoms in total. The number of piperidine rings is 2. The number of aromatic nitrogens is 2. The van der Waals surface area contributed by atoms with Crippen LogP contribution in [0.15, 0.2) is 12.1 Å². The number of nitrogens with zero attached hydrogens (tertiary/aromatic N) is 4. The van der Waals surface area contributed by atoms with Gasteiger partial charge >= 0.3 is 0 Å². The third kappa shape index (κ3) is 5.03. The fourth-order valence-corrected chi connectivity index (χ4v) is 5.21. The van der Waals surface area contributed by atoms with E-state index in [1.165, 1.54) is 4.90 Å². The van der Waals surface area contributed by atoms with Gasteiger partial charge in [0.15, 0.2) is 10.9 Å². The van der Waals surface area contributed by atoms with Gasteiger partial charge in [0.05, 0.1) is 0 Å². The molecule has 1 amide bonds. The molecule has 9 heteroatoms. The second-order valence-electron chi connectivity index (χ2n) is 10.4. The van der Waals surface area contributed by atoms with E-state index in [9.17, 15) is 13.6 Å². The number of carbonyl (C=O) groups is 1. The van der Waals surface area contributed by atoms with Crippen LogP contribution in [-0.2, 0) is 6.54 Å². The molecular formula is C25H33ClF2N4O2. The lowest BCUT2D eigenvalue weighted by Crippen LogP contribution is -2.43. The third-order valence-corrected chi connectivity index (χ3v) is 7.70. The minimum absolute atomic E-state index is 0.0639. The molecule has 0 spiro atoms. The van der Waals surface area contributed by atoms with E-state index in [0.29, 0.717) is 40.7 Å². The molecule has 0 bridgehead atoms. The number of pyridine rings is 1. The van der Waals surface area contributed by atoms with Gasteiger partial charge in [0.2, 0.25) is 0 Å². The Balaban J connectivity index is 1.39. The first-order chi connectivity index (χ1) is 16.2. The molecule has 1 saturated carbocycles. The van der Waals surface area contributed by atoms with Gasteiger partial charge in [-0.2, -0.15) is 0 Å². The van der Waals surface area contributed by atoms with Crippen molar-refractivity contribution in [2.24, 2.45) is 5.92 Å². The normalized spacial score (nSPS) is 22.0. The number of rotatable bonds is 6. The van der Waals surface area contributed by atoms with Crippen LogP contribution in [0.5, 0.6) is 5.75 Å². The maximum absolute atomic E-state index is 13.6. The van der Waals surface area contributed by atoms with E-state index in [2.05, 4.69) is 23.7 Å². The summed E-state index contributed by atoms with van der Waals surface area (Å²) in [6.45, 7) is 7.20. The van der Waals surface area contributed by atoms with Gasteiger partial charge in [0.1, 0.15) is 17.4 Å². The van der Waals surface area contributed by atoms with Crippen molar-refractivity contribution in [2.45, 2.75) is 77.0 Å². The summed E-state index contributed by atoms with van der Waals surface area (Å²) in [6.07, 6.45) is 3.59. The van der Waals surface area contributed by atoms with E-state index >= 15 is 0 Å². The number of ether oxygens (including phenoxy) is 1. The van der Waals surface area contributed by atoms with Gasteiger partial charge in [-0.3, -0.25) is 4.79 Å². The van der Waals surface area contributed by atoms with E-state index in [-0.39, 0.29) is 37.9 Å². The average molecular weight is 495 g/mol. The summed E-state index contributed by atoms with van der Waals surface area (Å²) in [4.78, 5) is 22.0. The third-order valence-electron chi connectivity index (χ3n) is 7.43. The SMILES string of the molecule is CC(C)N1CCC(Oc2cc3cc(C(=O)N4CCC(F)(F)CC4)n(CC4CC4)c3nc2Cl)CC1. The molecule has 4 heterocycles. The lowest BCUT2D eigenvalue weighted by molar-refractivity contribution is -0.0495. The molecule has 2 aliphatic heterocycles. The van der Waals surface area contributed by atoms with Crippen molar-refractivity contribution in [3.8, 4) is 5.75 Å². The highest BCUT2D eigenvalue weighted by atomic mass is 35.5. The monoisotopic (exact) mass is 494 g/mol. The molecule has 34 heavy (non-hydrogen) atoms. The Hall–Kier alpha value is -1.93. The smallest absolute Gasteiger partial charge is 0.270 e. The molecule has 186 valence electrons. The second kappa shape index (κ2) is 9.26. The summed E-state index contributed by atoms with van der Waals surface area (Å²) in [7, 11) is 0. The van der Waals surface area contributed by atoms with Crippen LogP contribution >= 0.6 is 11.6 Å². The van der Waals surface area contributed by atoms with Gasteiger partial charge in [0, 0.05) is 57.0 Å². The number of hydrogen-bond acceptors (Lipinski definition) is 4. The van der Waals surface area contributed by atoms with Crippen molar-refractivity contribution in [2.75, 3.05) is 26.2 Å². The maximum atomic E-state index is 13.6. The number of carbonyl (C=O) groups excluding carboxylic acids is 1. The molecule has 2 aromatic rings. The summed E-state index contributed by atoms with van der Waals surface area (Å²) < 4.78 is 35.4. The standard InChI is InChI=1S/C25H33ClF2N4O2/c1-16(2)30-9-5-19(6-10-30)34-21-14-18-13-20(24(33)31-11-7-25(27,28)8-12-31)32(15-17-3-4-17)23(18)29-22(21)26/h13-14,16-17,19H,3-12,15H2,1-2H3. The van der Waals surface area contributed by atoms with Gasteiger partial charge in [-0.05, 0) is 57.6 Å². The molecule has 3 aliphatic rings. The first kappa shape index (κ1) is 23.8. The Morgan fingerprint density at radius 2 is 1.82 bits per heavy atom. The molecule has 0 N–H and O–H groups in total. The molecular weight excluding hydrogens is 462 g/mol. The highest BCUT2D eigenvalue weighted by Gasteiger charge is 2.37. The Morgan fingerprint density at radius 3 is 2.44 bits per heavy atom. The minimum Gasteiger partial charge on any atom is -0.487 e. The molecule has 2 saturated heterocycles. The van der Waals surface area contributed by atoms with Crippen molar-refractivity contribution in [1.29, 1.82) is 0 Å². The quantitative estimate of drug-likeness (QED) is 0.516. The lowest BCUT2D eigenvalue weighted by Gasteiger charge is -2.34. The van der Waals surface area contributed by atoms with Crippen LogP contribution in [0.1, 0.15) is 62.9 Å². The van der Waals surface area contributed by atoms with Crippen LogP contribution in [0.25, 0.3) is 11.0 Å². The summed E-state index contributed by atoms with van der Waals surface area (Å²) in [5.74, 6) is -1.86. The number of halogens is 3. The largest absolute Gasteiger partial charge is 0.487 e. The topological polar surface area (TPSA) is 50.6 Å². The highest BCUT2D eigenvalue weighted by Crippen LogP contribution is 2.36. The highest BCUT2D eigenvalue weighted by molar-refractivity contribution is 6.31. The van der Waals surface area contributed by atoms with Crippen molar-refractivity contribution in [1.82, 2.24) is 19.4 Å². The van der Waals surface area contributed by atoms with Gasteiger partial charge in [0.25, 0.3) is 11.8 Å². The molecule has 5 rings (SSSR count). The zero-order valence-electron chi connectivity index (χ0n) is 19.9. The fraction of sp³-hybridized carbons (Fsp3) is 0.680. The number of hydrogen-bond donors (Lipinski definition) is 0. The zero-order valence-corrected chi connectivity index (χ0v) is 20.7. The predicted octanol–water partition coefficient (Wildman–Crippen LogP) is 5.22. The van der Waals surface area contributed by atoms with Crippen molar-refractivity contribution in [3.63, 3.8) is 0 Å². The molecule has 0 unspecified atom stereocenters. The Morgan fingerprint density at radius 1 is 1.15 bits per heavy atom. The van der Waals surface area contributed by atoms with Gasteiger partial charge in [-0.25, -0.2) is 13.8 Å². The van der Waals surface area contributed by atoms with Crippen molar-refractivity contribution in [3.05, 3.63) is 23.0 Å². The van der Waals surface area contributed by atoms with E-state index in [4.69, 9.17) is 16.3 Å². The number of fused-ring (bicyclic) bond motifs is 1. The second-order valence-corrected chi connectivity index (χ2v) is 10.7. The molecule has 0 radical (unpaired) electrons.